The number of nitrogens with one attached hydrogen (secondary N) is 2. The average molecular weight is 228 g/mol. The maximum atomic E-state index is 11.3. The molecule has 1 amide bonds. The second-order valence-electron chi connectivity index (χ2n) is 3.99. The van der Waals surface area contributed by atoms with Gasteiger partial charge in [0.15, 0.2) is 0 Å². The molecule has 0 aromatic rings. The van der Waals surface area contributed by atoms with Crippen LogP contribution in [-0.2, 0) is 14.3 Å². The molecule has 0 saturated carbocycles. The highest BCUT2D eigenvalue weighted by Gasteiger charge is 2.18. The molecule has 0 radical (unpaired) electrons. The van der Waals surface area contributed by atoms with E-state index in [0.29, 0.717) is 19.6 Å². The number of ether oxygens (including phenoxy) is 1. The van der Waals surface area contributed by atoms with E-state index >= 15 is 0 Å². The molecule has 2 N–H and O–H groups in total. The number of unbranched alkanes of at least 4 members (excludes halogenated alkanes) is 1. The Balaban J connectivity index is 2.05. The zero-order valence-electron chi connectivity index (χ0n) is 9.75. The molecule has 1 unspecified atom stereocenters. The van der Waals surface area contributed by atoms with Crippen LogP contribution in [0.25, 0.3) is 0 Å². The second kappa shape index (κ2) is 7.22. The average Bonchev–Trinajstić information content (AvgIpc) is 2.29. The van der Waals surface area contributed by atoms with Crippen LogP contribution in [0.2, 0.25) is 0 Å². The van der Waals surface area contributed by atoms with Gasteiger partial charge in [-0.25, -0.2) is 0 Å². The first-order valence-electron chi connectivity index (χ1n) is 5.88. The summed E-state index contributed by atoms with van der Waals surface area (Å²) in [6.45, 7) is 3.38. The summed E-state index contributed by atoms with van der Waals surface area (Å²) >= 11 is 0. The van der Waals surface area contributed by atoms with Gasteiger partial charge in [-0.2, -0.15) is 0 Å². The molecule has 0 bridgehead atoms. The molecule has 0 aromatic carbocycles. The molecule has 1 aliphatic heterocycles. The normalized spacial score (nSPS) is 20.3. The highest BCUT2D eigenvalue weighted by Crippen LogP contribution is 2.02. The molecule has 0 aromatic heterocycles. The van der Waals surface area contributed by atoms with Crippen molar-refractivity contribution in [3.8, 4) is 0 Å². The van der Waals surface area contributed by atoms with Crippen LogP contribution >= 0.6 is 0 Å². The number of hydrogen-bond acceptors (Lipinski definition) is 4. The largest absolute Gasteiger partial charge is 0.465 e. The molecule has 0 aliphatic carbocycles. The number of carbonyl (C=O) groups is 2. The third-order valence-electron chi connectivity index (χ3n) is 2.56. The fourth-order valence-corrected chi connectivity index (χ4v) is 1.52. The molecule has 1 aliphatic rings. The molecule has 5 nitrogen and oxygen atoms in total. The van der Waals surface area contributed by atoms with Crippen molar-refractivity contribution in [1.82, 2.24) is 10.6 Å². The van der Waals surface area contributed by atoms with E-state index < -0.39 is 0 Å². The Kier molecular flexibility index (Phi) is 5.85. The minimum absolute atomic E-state index is 0.0866. The van der Waals surface area contributed by atoms with E-state index in [2.05, 4.69) is 17.6 Å². The van der Waals surface area contributed by atoms with E-state index in [4.69, 9.17) is 4.74 Å². The predicted octanol–water partition coefficient (Wildman–Crippen LogP) is 0.198. The summed E-state index contributed by atoms with van der Waals surface area (Å²) in [6.07, 6.45) is 3.25. The third-order valence-corrected chi connectivity index (χ3v) is 2.56. The van der Waals surface area contributed by atoms with Crippen LogP contribution < -0.4 is 10.6 Å². The Morgan fingerprint density at radius 2 is 2.44 bits per heavy atom. The van der Waals surface area contributed by atoms with E-state index in [-0.39, 0.29) is 24.5 Å². The quantitative estimate of drug-likeness (QED) is 0.503. The van der Waals surface area contributed by atoms with Crippen molar-refractivity contribution in [1.29, 1.82) is 0 Å². The van der Waals surface area contributed by atoms with Gasteiger partial charge < -0.3 is 15.4 Å². The molecule has 1 rings (SSSR count). The SMILES string of the molecule is CCCCOC(=O)CNC1CCC(=O)NC1. The van der Waals surface area contributed by atoms with Crippen LogP contribution in [0.1, 0.15) is 32.6 Å². The van der Waals surface area contributed by atoms with Gasteiger partial charge in [0.05, 0.1) is 13.2 Å². The van der Waals surface area contributed by atoms with Gasteiger partial charge in [0.1, 0.15) is 0 Å². The smallest absolute Gasteiger partial charge is 0.319 e. The van der Waals surface area contributed by atoms with Gasteiger partial charge in [-0.3, -0.25) is 9.59 Å². The minimum atomic E-state index is -0.217. The lowest BCUT2D eigenvalue weighted by atomic mass is 10.1. The molecular weight excluding hydrogens is 208 g/mol. The van der Waals surface area contributed by atoms with Crippen LogP contribution in [0.5, 0.6) is 0 Å². The van der Waals surface area contributed by atoms with Gasteiger partial charge in [-0.15, -0.1) is 0 Å². The number of hydrogen-bond donors (Lipinski definition) is 2. The summed E-state index contributed by atoms with van der Waals surface area (Å²) in [7, 11) is 0. The maximum absolute atomic E-state index is 11.3. The van der Waals surface area contributed by atoms with Gasteiger partial charge in [0, 0.05) is 19.0 Å². The fraction of sp³-hybridized carbons (Fsp3) is 0.818. The monoisotopic (exact) mass is 228 g/mol. The Morgan fingerprint density at radius 1 is 1.62 bits per heavy atom. The van der Waals surface area contributed by atoms with Crippen molar-refractivity contribution in [2.24, 2.45) is 0 Å². The van der Waals surface area contributed by atoms with Crippen molar-refractivity contribution in [2.75, 3.05) is 19.7 Å². The Labute approximate surface area is 95.9 Å². The highest BCUT2D eigenvalue weighted by molar-refractivity contribution is 5.76. The molecular formula is C11H20N2O3. The maximum Gasteiger partial charge on any atom is 0.319 e. The van der Waals surface area contributed by atoms with Crippen molar-refractivity contribution in [3.05, 3.63) is 0 Å². The van der Waals surface area contributed by atoms with Crippen molar-refractivity contribution >= 4 is 11.9 Å². The summed E-state index contributed by atoms with van der Waals surface area (Å²) in [5, 5.41) is 5.83. The first kappa shape index (κ1) is 13.0. The van der Waals surface area contributed by atoms with Gasteiger partial charge in [0.2, 0.25) is 5.91 Å². The van der Waals surface area contributed by atoms with Gasteiger partial charge in [-0.05, 0) is 12.8 Å². The van der Waals surface area contributed by atoms with Crippen LogP contribution in [0, 0.1) is 0 Å². The standard InChI is InChI=1S/C11H20N2O3/c1-2-3-6-16-11(15)8-12-9-4-5-10(14)13-7-9/h9,12H,2-8H2,1H3,(H,13,14). The zero-order chi connectivity index (χ0) is 11.8. The van der Waals surface area contributed by atoms with E-state index in [1.165, 1.54) is 0 Å². The van der Waals surface area contributed by atoms with Crippen molar-refractivity contribution < 1.29 is 14.3 Å². The lowest BCUT2D eigenvalue weighted by Crippen LogP contribution is -2.47. The number of carbonyl (C=O) groups excluding carboxylic acids is 2. The molecule has 1 heterocycles. The fourth-order valence-electron chi connectivity index (χ4n) is 1.52. The second-order valence-corrected chi connectivity index (χ2v) is 3.99. The Bertz CT molecular complexity index is 233. The molecule has 16 heavy (non-hydrogen) atoms. The van der Waals surface area contributed by atoms with Crippen LogP contribution in [0.3, 0.4) is 0 Å². The highest BCUT2D eigenvalue weighted by atomic mass is 16.5. The minimum Gasteiger partial charge on any atom is -0.465 e. The van der Waals surface area contributed by atoms with Gasteiger partial charge >= 0.3 is 5.97 Å². The molecule has 1 atom stereocenters. The number of esters is 1. The summed E-state index contributed by atoms with van der Waals surface area (Å²) < 4.78 is 5.01. The van der Waals surface area contributed by atoms with Crippen molar-refractivity contribution in [3.63, 3.8) is 0 Å². The van der Waals surface area contributed by atoms with E-state index in [0.717, 1.165) is 19.3 Å². The number of rotatable bonds is 6. The van der Waals surface area contributed by atoms with E-state index in [1.54, 1.807) is 0 Å². The molecule has 92 valence electrons. The Hall–Kier alpha value is -1.10. The molecule has 1 fully saturated rings. The lowest BCUT2D eigenvalue weighted by Gasteiger charge is -2.23. The lowest BCUT2D eigenvalue weighted by molar-refractivity contribution is -0.142. The van der Waals surface area contributed by atoms with Crippen LogP contribution in [0.15, 0.2) is 0 Å². The third kappa shape index (κ3) is 5.11. The van der Waals surface area contributed by atoms with Crippen LogP contribution in [0.4, 0.5) is 0 Å². The Morgan fingerprint density at radius 3 is 3.06 bits per heavy atom. The molecule has 5 heteroatoms. The van der Waals surface area contributed by atoms with Crippen LogP contribution in [-0.4, -0.2) is 37.6 Å². The van der Waals surface area contributed by atoms with E-state index in [1.807, 2.05) is 0 Å². The van der Waals surface area contributed by atoms with Crippen molar-refractivity contribution in [2.45, 2.75) is 38.6 Å². The summed E-state index contributed by atoms with van der Waals surface area (Å²) in [5.74, 6) is -0.131. The summed E-state index contributed by atoms with van der Waals surface area (Å²) in [4.78, 5) is 22.1. The summed E-state index contributed by atoms with van der Waals surface area (Å²) in [6, 6.07) is 0.191. The number of amides is 1. The van der Waals surface area contributed by atoms with E-state index in [9.17, 15) is 9.59 Å². The first-order valence-corrected chi connectivity index (χ1v) is 5.88. The molecule has 1 saturated heterocycles. The topological polar surface area (TPSA) is 67.4 Å². The molecule has 0 spiro atoms. The zero-order valence-corrected chi connectivity index (χ0v) is 9.75. The van der Waals surface area contributed by atoms with Gasteiger partial charge in [0.25, 0.3) is 0 Å². The summed E-state index contributed by atoms with van der Waals surface area (Å²) in [5.41, 5.74) is 0. The van der Waals surface area contributed by atoms with Gasteiger partial charge in [-0.1, -0.05) is 13.3 Å². The number of piperidine rings is 1. The first-order chi connectivity index (χ1) is 7.72. The predicted molar refractivity (Wildman–Crippen MR) is 59.9 cm³/mol.